The van der Waals surface area contributed by atoms with Crippen LogP contribution in [0.2, 0.25) is 0 Å². The van der Waals surface area contributed by atoms with Gasteiger partial charge in [-0.15, -0.1) is 0 Å². The molecule has 0 aliphatic heterocycles. The van der Waals surface area contributed by atoms with E-state index in [9.17, 15) is 13.2 Å². The maximum Gasteiger partial charge on any atom is 0.294 e. The Morgan fingerprint density at radius 3 is 2.37 bits per heavy atom. The van der Waals surface area contributed by atoms with Gasteiger partial charge in [0, 0.05) is 11.8 Å². The average molecular weight is 280 g/mol. The van der Waals surface area contributed by atoms with E-state index in [4.69, 9.17) is 4.55 Å². The van der Waals surface area contributed by atoms with Crippen molar-refractivity contribution in [1.29, 1.82) is 0 Å². The van der Waals surface area contributed by atoms with Crippen molar-refractivity contribution in [2.45, 2.75) is 30.6 Å². The first kappa shape index (κ1) is 12.8. The Morgan fingerprint density at radius 2 is 1.84 bits per heavy atom. The first-order chi connectivity index (χ1) is 8.95. The van der Waals surface area contributed by atoms with Gasteiger partial charge in [0.2, 0.25) is 0 Å². The molecule has 2 fully saturated rings. The van der Waals surface area contributed by atoms with Gasteiger partial charge >= 0.3 is 0 Å². The minimum atomic E-state index is -4.13. The number of Topliss-reactive ketones (excluding diaryl/α,β-unsaturated/α-hetero) is 1. The Labute approximate surface area is 112 Å². The zero-order valence-electron chi connectivity index (χ0n) is 10.5. The molecule has 1 aromatic carbocycles. The molecule has 3 unspecified atom stereocenters. The number of carbonyl (C=O) groups is 1. The van der Waals surface area contributed by atoms with Crippen LogP contribution in [0.3, 0.4) is 0 Å². The molecule has 3 rings (SSSR count). The zero-order chi connectivity index (χ0) is 13.6. The second-order valence-electron chi connectivity index (χ2n) is 5.60. The van der Waals surface area contributed by atoms with Gasteiger partial charge in [0.05, 0.1) is 4.90 Å². The maximum atomic E-state index is 12.1. The molecule has 0 heterocycles. The minimum Gasteiger partial charge on any atom is -0.299 e. The van der Waals surface area contributed by atoms with Crippen molar-refractivity contribution in [2.24, 2.45) is 17.8 Å². The van der Waals surface area contributed by atoms with E-state index in [0.717, 1.165) is 24.8 Å². The fourth-order valence-electron chi connectivity index (χ4n) is 3.49. The van der Waals surface area contributed by atoms with E-state index < -0.39 is 10.1 Å². The number of carbonyl (C=O) groups excluding carboxylic acids is 1. The van der Waals surface area contributed by atoms with Crippen LogP contribution in [0.1, 0.15) is 24.8 Å². The molecule has 2 bridgehead atoms. The first-order valence-electron chi connectivity index (χ1n) is 6.55. The quantitative estimate of drug-likeness (QED) is 0.861. The molecule has 3 atom stereocenters. The van der Waals surface area contributed by atoms with Crippen LogP contribution in [0.25, 0.3) is 0 Å². The first-order valence-corrected chi connectivity index (χ1v) is 7.99. The van der Waals surface area contributed by atoms with Crippen LogP contribution in [-0.2, 0) is 21.3 Å². The summed E-state index contributed by atoms with van der Waals surface area (Å²) in [6.07, 6.45) is 3.91. The van der Waals surface area contributed by atoms with Crippen LogP contribution >= 0.6 is 0 Å². The molecule has 0 spiro atoms. The molecule has 0 radical (unpaired) electrons. The molecule has 2 saturated carbocycles. The van der Waals surface area contributed by atoms with Crippen molar-refractivity contribution >= 4 is 15.9 Å². The van der Waals surface area contributed by atoms with Gasteiger partial charge in [-0.1, -0.05) is 12.1 Å². The summed E-state index contributed by atoms with van der Waals surface area (Å²) in [6, 6.07) is 6.15. The molecule has 2 aliphatic rings. The van der Waals surface area contributed by atoms with Gasteiger partial charge < -0.3 is 0 Å². The highest BCUT2D eigenvalue weighted by atomic mass is 32.2. The summed E-state index contributed by atoms with van der Waals surface area (Å²) in [7, 11) is -4.13. The fraction of sp³-hybridized carbons (Fsp3) is 0.500. The van der Waals surface area contributed by atoms with E-state index >= 15 is 0 Å². The highest BCUT2D eigenvalue weighted by Crippen LogP contribution is 2.46. The van der Waals surface area contributed by atoms with Crippen LogP contribution < -0.4 is 0 Å². The van der Waals surface area contributed by atoms with Crippen LogP contribution in [0.15, 0.2) is 29.2 Å². The standard InChI is InChI=1S/C14H16O4S/c15-14-11-4-3-10(8-11)13(14)7-9-1-5-12(6-2-9)19(16,17)18/h1-2,5-6,10-11,13H,3-4,7-8H2,(H,16,17,18). The highest BCUT2D eigenvalue weighted by molar-refractivity contribution is 7.85. The number of fused-ring (bicyclic) bond motifs is 2. The number of hydrogen-bond acceptors (Lipinski definition) is 3. The summed E-state index contributed by atoms with van der Waals surface area (Å²) < 4.78 is 30.8. The van der Waals surface area contributed by atoms with Crippen molar-refractivity contribution in [3.05, 3.63) is 29.8 Å². The Hall–Kier alpha value is -1.20. The third-order valence-electron chi connectivity index (χ3n) is 4.49. The van der Waals surface area contributed by atoms with Crippen molar-refractivity contribution in [3.8, 4) is 0 Å². The van der Waals surface area contributed by atoms with E-state index in [1.54, 1.807) is 12.1 Å². The third-order valence-corrected chi connectivity index (χ3v) is 5.35. The van der Waals surface area contributed by atoms with Crippen LogP contribution in [-0.4, -0.2) is 18.8 Å². The SMILES string of the molecule is O=C1C2CCC(C2)C1Cc1ccc(S(=O)(=O)O)cc1. The number of rotatable bonds is 3. The lowest BCUT2D eigenvalue weighted by Crippen LogP contribution is -2.23. The summed E-state index contributed by atoms with van der Waals surface area (Å²) in [6.45, 7) is 0. The number of benzene rings is 1. The Balaban J connectivity index is 1.76. The zero-order valence-corrected chi connectivity index (χ0v) is 11.3. The normalized spacial score (nSPS) is 29.9. The molecule has 1 aromatic rings. The minimum absolute atomic E-state index is 0.101. The summed E-state index contributed by atoms with van der Waals surface area (Å²) in [4.78, 5) is 12.0. The van der Waals surface area contributed by atoms with Crippen molar-refractivity contribution < 1.29 is 17.8 Å². The maximum absolute atomic E-state index is 12.1. The summed E-state index contributed by atoms with van der Waals surface area (Å²) in [5.74, 6) is 1.27. The molecular formula is C14H16O4S. The van der Waals surface area contributed by atoms with E-state index in [0.29, 0.717) is 18.1 Å². The Bertz CT molecular complexity index is 603. The predicted molar refractivity (Wildman–Crippen MR) is 69.3 cm³/mol. The monoisotopic (exact) mass is 280 g/mol. The summed E-state index contributed by atoms with van der Waals surface area (Å²) in [5.41, 5.74) is 0.957. The average Bonchev–Trinajstić information content (AvgIpc) is 2.93. The highest BCUT2D eigenvalue weighted by Gasteiger charge is 2.46. The van der Waals surface area contributed by atoms with E-state index in [1.807, 2.05) is 0 Å². The molecule has 0 aromatic heterocycles. The van der Waals surface area contributed by atoms with E-state index in [1.165, 1.54) is 12.1 Å². The van der Waals surface area contributed by atoms with Gasteiger partial charge in [-0.2, -0.15) is 8.42 Å². The van der Waals surface area contributed by atoms with Gasteiger partial charge in [-0.25, -0.2) is 0 Å². The molecule has 0 amide bonds. The molecule has 2 aliphatic carbocycles. The molecule has 4 nitrogen and oxygen atoms in total. The van der Waals surface area contributed by atoms with Crippen molar-refractivity contribution in [3.63, 3.8) is 0 Å². The molecule has 0 saturated heterocycles. The second-order valence-corrected chi connectivity index (χ2v) is 7.02. The van der Waals surface area contributed by atoms with Crippen LogP contribution in [0.5, 0.6) is 0 Å². The lowest BCUT2D eigenvalue weighted by Gasteiger charge is -2.20. The number of hydrogen-bond donors (Lipinski definition) is 1. The fourth-order valence-corrected chi connectivity index (χ4v) is 3.97. The van der Waals surface area contributed by atoms with Gasteiger partial charge in [0.25, 0.3) is 10.1 Å². The second kappa shape index (κ2) is 4.42. The topological polar surface area (TPSA) is 71.4 Å². The summed E-state index contributed by atoms with van der Waals surface area (Å²) in [5, 5.41) is 0. The number of ketones is 1. The van der Waals surface area contributed by atoms with Gasteiger partial charge in [-0.05, 0) is 49.3 Å². The van der Waals surface area contributed by atoms with Crippen molar-refractivity contribution in [2.75, 3.05) is 0 Å². The van der Waals surface area contributed by atoms with E-state index in [-0.39, 0.29) is 16.7 Å². The Morgan fingerprint density at radius 1 is 1.16 bits per heavy atom. The molecule has 102 valence electrons. The predicted octanol–water partition coefficient (Wildman–Crippen LogP) is 2.09. The van der Waals surface area contributed by atoms with Gasteiger partial charge in [0.1, 0.15) is 5.78 Å². The summed E-state index contributed by atoms with van der Waals surface area (Å²) >= 11 is 0. The smallest absolute Gasteiger partial charge is 0.294 e. The lowest BCUT2D eigenvalue weighted by molar-refractivity contribution is -0.125. The van der Waals surface area contributed by atoms with Gasteiger partial charge in [-0.3, -0.25) is 9.35 Å². The largest absolute Gasteiger partial charge is 0.299 e. The molecule has 19 heavy (non-hydrogen) atoms. The van der Waals surface area contributed by atoms with Crippen LogP contribution in [0.4, 0.5) is 0 Å². The molecule has 1 N–H and O–H groups in total. The third kappa shape index (κ3) is 2.32. The molecule has 5 heteroatoms. The van der Waals surface area contributed by atoms with Gasteiger partial charge in [0.15, 0.2) is 0 Å². The van der Waals surface area contributed by atoms with Crippen LogP contribution in [0, 0.1) is 17.8 Å². The van der Waals surface area contributed by atoms with E-state index in [2.05, 4.69) is 0 Å². The van der Waals surface area contributed by atoms with Crippen molar-refractivity contribution in [1.82, 2.24) is 0 Å². The lowest BCUT2D eigenvalue weighted by atomic mass is 9.83. The Kier molecular flexibility index (Phi) is 2.98. The molecular weight excluding hydrogens is 264 g/mol.